The Kier molecular flexibility index (Phi) is 4.90. The van der Waals surface area contributed by atoms with Gasteiger partial charge in [-0.2, -0.15) is 0 Å². The van der Waals surface area contributed by atoms with Crippen molar-refractivity contribution in [1.29, 1.82) is 0 Å². The van der Waals surface area contributed by atoms with Gasteiger partial charge in [-0.15, -0.1) is 0 Å². The number of imidazole rings is 1. The Balaban J connectivity index is 1.90. The standard InChI is InChI=1S/C15H20N4O/c1-2-12-3-5-13(6-4-12)9-17-15(20)14-10-19(8-7-16)11-18-14/h3-6,10-11H,2,7-9,16H2,1H3,(H,17,20). The molecule has 0 saturated carbocycles. The van der Waals surface area contributed by atoms with Crippen LogP contribution in [0.4, 0.5) is 0 Å². The fourth-order valence-corrected chi connectivity index (χ4v) is 1.91. The van der Waals surface area contributed by atoms with Gasteiger partial charge >= 0.3 is 0 Å². The van der Waals surface area contributed by atoms with Gasteiger partial charge in [-0.05, 0) is 17.5 Å². The summed E-state index contributed by atoms with van der Waals surface area (Å²) in [4.78, 5) is 16.0. The van der Waals surface area contributed by atoms with Crippen LogP contribution in [0.2, 0.25) is 0 Å². The molecule has 0 aliphatic rings. The molecule has 3 N–H and O–H groups in total. The van der Waals surface area contributed by atoms with E-state index < -0.39 is 0 Å². The molecular formula is C15H20N4O. The molecule has 0 atom stereocenters. The first kappa shape index (κ1) is 14.3. The van der Waals surface area contributed by atoms with Crippen LogP contribution in [0.5, 0.6) is 0 Å². The molecule has 5 nitrogen and oxygen atoms in total. The predicted molar refractivity (Wildman–Crippen MR) is 78.3 cm³/mol. The fraction of sp³-hybridized carbons (Fsp3) is 0.333. The van der Waals surface area contributed by atoms with E-state index in [0.29, 0.717) is 25.3 Å². The van der Waals surface area contributed by atoms with Gasteiger partial charge in [0.2, 0.25) is 0 Å². The van der Waals surface area contributed by atoms with Crippen LogP contribution in [0.25, 0.3) is 0 Å². The summed E-state index contributed by atoms with van der Waals surface area (Å²) in [5.41, 5.74) is 8.25. The summed E-state index contributed by atoms with van der Waals surface area (Å²) in [5.74, 6) is -0.166. The zero-order valence-corrected chi connectivity index (χ0v) is 11.7. The van der Waals surface area contributed by atoms with Crippen molar-refractivity contribution < 1.29 is 4.79 Å². The molecular weight excluding hydrogens is 252 g/mol. The summed E-state index contributed by atoms with van der Waals surface area (Å²) in [6.45, 7) is 3.82. The van der Waals surface area contributed by atoms with Crippen molar-refractivity contribution in [3.8, 4) is 0 Å². The summed E-state index contributed by atoms with van der Waals surface area (Å²) in [6.07, 6.45) is 4.35. The number of carbonyl (C=O) groups excluding carboxylic acids is 1. The number of nitrogens with zero attached hydrogens (tertiary/aromatic N) is 2. The van der Waals surface area contributed by atoms with Crippen molar-refractivity contribution in [3.63, 3.8) is 0 Å². The van der Waals surface area contributed by atoms with E-state index in [0.717, 1.165) is 12.0 Å². The zero-order chi connectivity index (χ0) is 14.4. The molecule has 1 aromatic heterocycles. The Labute approximate surface area is 118 Å². The highest BCUT2D eigenvalue weighted by Gasteiger charge is 2.08. The minimum atomic E-state index is -0.166. The summed E-state index contributed by atoms with van der Waals surface area (Å²) in [7, 11) is 0. The second-order valence-electron chi connectivity index (χ2n) is 4.64. The molecule has 0 aliphatic heterocycles. The minimum Gasteiger partial charge on any atom is -0.347 e. The number of rotatable bonds is 6. The van der Waals surface area contributed by atoms with E-state index in [4.69, 9.17) is 5.73 Å². The van der Waals surface area contributed by atoms with Gasteiger partial charge in [0.15, 0.2) is 0 Å². The highest BCUT2D eigenvalue weighted by molar-refractivity contribution is 5.91. The van der Waals surface area contributed by atoms with Crippen molar-refractivity contribution in [1.82, 2.24) is 14.9 Å². The molecule has 1 aromatic carbocycles. The van der Waals surface area contributed by atoms with Crippen molar-refractivity contribution in [3.05, 3.63) is 53.6 Å². The monoisotopic (exact) mass is 272 g/mol. The Bertz CT molecular complexity index is 560. The molecule has 0 saturated heterocycles. The Morgan fingerprint density at radius 1 is 1.30 bits per heavy atom. The van der Waals surface area contributed by atoms with E-state index in [1.165, 1.54) is 5.56 Å². The topological polar surface area (TPSA) is 72.9 Å². The van der Waals surface area contributed by atoms with Crippen LogP contribution in [0.15, 0.2) is 36.8 Å². The SMILES string of the molecule is CCc1ccc(CNC(=O)c2cn(CCN)cn2)cc1. The maximum absolute atomic E-state index is 11.9. The zero-order valence-electron chi connectivity index (χ0n) is 11.7. The van der Waals surface area contributed by atoms with Crippen LogP contribution in [0, 0.1) is 0 Å². The fourth-order valence-electron chi connectivity index (χ4n) is 1.91. The van der Waals surface area contributed by atoms with Gasteiger partial charge in [-0.3, -0.25) is 4.79 Å². The van der Waals surface area contributed by atoms with Crippen LogP contribution in [-0.4, -0.2) is 22.0 Å². The number of benzene rings is 1. The molecule has 20 heavy (non-hydrogen) atoms. The van der Waals surface area contributed by atoms with Crippen molar-refractivity contribution in [2.75, 3.05) is 6.54 Å². The Hall–Kier alpha value is -2.14. The number of nitrogens with one attached hydrogen (secondary N) is 1. The van der Waals surface area contributed by atoms with Crippen LogP contribution in [0.3, 0.4) is 0 Å². The van der Waals surface area contributed by atoms with Gasteiger partial charge in [-0.25, -0.2) is 4.98 Å². The van der Waals surface area contributed by atoms with Gasteiger partial charge in [0, 0.05) is 25.8 Å². The third-order valence-corrected chi connectivity index (χ3v) is 3.14. The van der Waals surface area contributed by atoms with Crippen LogP contribution in [0.1, 0.15) is 28.5 Å². The normalized spacial score (nSPS) is 10.5. The summed E-state index contributed by atoms with van der Waals surface area (Å²) >= 11 is 0. The van der Waals surface area contributed by atoms with Gasteiger partial charge in [-0.1, -0.05) is 31.2 Å². The number of aromatic nitrogens is 2. The summed E-state index contributed by atoms with van der Waals surface area (Å²) < 4.78 is 1.81. The lowest BCUT2D eigenvalue weighted by Gasteiger charge is -2.04. The van der Waals surface area contributed by atoms with Crippen molar-refractivity contribution in [2.24, 2.45) is 5.73 Å². The number of aryl methyl sites for hydroxylation is 1. The number of carbonyl (C=O) groups is 1. The van der Waals surface area contributed by atoms with E-state index in [9.17, 15) is 4.79 Å². The highest BCUT2D eigenvalue weighted by atomic mass is 16.1. The minimum absolute atomic E-state index is 0.166. The summed E-state index contributed by atoms with van der Waals surface area (Å²) in [5, 5.41) is 2.86. The molecule has 5 heteroatoms. The summed E-state index contributed by atoms with van der Waals surface area (Å²) in [6, 6.07) is 8.23. The number of hydrogen-bond acceptors (Lipinski definition) is 3. The Morgan fingerprint density at radius 3 is 2.65 bits per heavy atom. The number of hydrogen-bond donors (Lipinski definition) is 2. The average Bonchev–Trinajstić information content (AvgIpc) is 2.94. The van der Waals surface area contributed by atoms with E-state index in [-0.39, 0.29) is 5.91 Å². The first-order chi connectivity index (χ1) is 9.72. The molecule has 106 valence electrons. The molecule has 0 spiro atoms. The molecule has 1 heterocycles. The lowest BCUT2D eigenvalue weighted by molar-refractivity contribution is 0.0946. The Morgan fingerprint density at radius 2 is 2.00 bits per heavy atom. The molecule has 0 bridgehead atoms. The smallest absolute Gasteiger partial charge is 0.271 e. The maximum Gasteiger partial charge on any atom is 0.271 e. The second kappa shape index (κ2) is 6.86. The molecule has 2 rings (SSSR count). The second-order valence-corrected chi connectivity index (χ2v) is 4.64. The van der Waals surface area contributed by atoms with E-state index in [2.05, 4.69) is 29.4 Å². The highest BCUT2D eigenvalue weighted by Crippen LogP contribution is 2.05. The number of nitrogens with two attached hydrogens (primary N) is 1. The van der Waals surface area contributed by atoms with Gasteiger partial charge < -0.3 is 15.6 Å². The predicted octanol–water partition coefficient (Wildman–Crippen LogP) is 1.33. The first-order valence-electron chi connectivity index (χ1n) is 6.80. The molecule has 1 amide bonds. The molecule has 2 aromatic rings. The van der Waals surface area contributed by atoms with Gasteiger partial charge in [0.25, 0.3) is 5.91 Å². The third kappa shape index (κ3) is 3.68. The third-order valence-electron chi connectivity index (χ3n) is 3.14. The van der Waals surface area contributed by atoms with Crippen molar-refractivity contribution in [2.45, 2.75) is 26.4 Å². The maximum atomic E-state index is 11.9. The average molecular weight is 272 g/mol. The molecule has 0 unspecified atom stereocenters. The van der Waals surface area contributed by atoms with Gasteiger partial charge in [0.05, 0.1) is 6.33 Å². The van der Waals surface area contributed by atoms with E-state index in [1.807, 2.05) is 16.7 Å². The van der Waals surface area contributed by atoms with Gasteiger partial charge in [0.1, 0.15) is 5.69 Å². The van der Waals surface area contributed by atoms with Crippen LogP contribution in [-0.2, 0) is 19.5 Å². The quantitative estimate of drug-likeness (QED) is 0.833. The van der Waals surface area contributed by atoms with E-state index >= 15 is 0 Å². The van der Waals surface area contributed by atoms with Crippen LogP contribution >= 0.6 is 0 Å². The lowest BCUT2D eigenvalue weighted by atomic mass is 10.1. The molecule has 0 fully saturated rings. The molecule has 0 aliphatic carbocycles. The number of amides is 1. The first-order valence-corrected chi connectivity index (χ1v) is 6.80. The van der Waals surface area contributed by atoms with Crippen molar-refractivity contribution >= 4 is 5.91 Å². The lowest BCUT2D eigenvalue weighted by Crippen LogP contribution is -2.23. The van der Waals surface area contributed by atoms with Crippen LogP contribution < -0.4 is 11.1 Å². The largest absolute Gasteiger partial charge is 0.347 e. The molecule has 0 radical (unpaired) electrons. The van der Waals surface area contributed by atoms with E-state index in [1.54, 1.807) is 12.5 Å².